The highest BCUT2D eigenvalue weighted by molar-refractivity contribution is 6.41. The number of carbonyl (C=O) groups excluding carboxylic acids is 2. The van der Waals surface area contributed by atoms with E-state index in [0.717, 1.165) is 0 Å². The van der Waals surface area contributed by atoms with E-state index in [0.29, 0.717) is 0 Å². The van der Waals surface area contributed by atoms with Gasteiger partial charge in [0.15, 0.2) is 5.78 Å². The van der Waals surface area contributed by atoms with Crippen molar-refractivity contribution in [1.29, 1.82) is 0 Å². The normalized spacial score (nSPS) is 11.0. The van der Waals surface area contributed by atoms with Gasteiger partial charge in [-0.15, -0.1) is 0 Å². The van der Waals surface area contributed by atoms with Crippen LogP contribution in [0.3, 0.4) is 0 Å². The lowest BCUT2D eigenvalue weighted by Crippen LogP contribution is -2.17. The molecule has 5 nitrogen and oxygen atoms in total. The van der Waals surface area contributed by atoms with Gasteiger partial charge in [0.25, 0.3) is 0 Å². The Bertz CT molecular complexity index is 209. The molecule has 1 N–H and O–H groups in total. The summed E-state index contributed by atoms with van der Waals surface area (Å²) < 4.78 is 4.54. The summed E-state index contributed by atoms with van der Waals surface area (Å²) in [5.74, 6) is -1.01. The number of esters is 1. The van der Waals surface area contributed by atoms with Gasteiger partial charge in [-0.2, -0.15) is 0 Å². The van der Waals surface area contributed by atoms with Gasteiger partial charge in [0, 0.05) is 6.92 Å². The van der Waals surface area contributed by atoms with Gasteiger partial charge in [-0.05, 0) is 6.92 Å². The monoisotopic (exact) mass is 173 g/mol. The van der Waals surface area contributed by atoms with Crippen molar-refractivity contribution in [2.75, 3.05) is 6.61 Å². The maximum Gasteiger partial charge on any atom is 0.312 e. The Balaban J connectivity index is 4.05. The molecule has 0 aliphatic rings. The predicted molar refractivity (Wildman–Crippen MR) is 41.2 cm³/mol. The molecule has 0 radical (unpaired) electrons. The Labute approximate surface area is 70.0 Å². The Morgan fingerprint density at radius 3 is 2.42 bits per heavy atom. The summed E-state index contributed by atoms with van der Waals surface area (Å²) in [7, 11) is 0. The average Bonchev–Trinajstić information content (AvgIpc) is 2.00. The zero-order valence-electron chi connectivity index (χ0n) is 7.03. The standard InChI is InChI=1S/C7H11NO4/c1-3-12-7(10)4-6(8-11)5(2)9/h11H,3-4H2,1-2H3. The van der Waals surface area contributed by atoms with Gasteiger partial charge in [-0.25, -0.2) is 0 Å². The molecular formula is C7H11NO4. The minimum Gasteiger partial charge on any atom is -0.466 e. The fraction of sp³-hybridized carbons (Fsp3) is 0.571. The van der Waals surface area contributed by atoms with Crippen LogP contribution in [0.1, 0.15) is 20.3 Å². The van der Waals surface area contributed by atoms with Gasteiger partial charge in [-0.1, -0.05) is 5.16 Å². The Kier molecular flexibility index (Phi) is 4.67. The first-order chi connectivity index (χ1) is 5.61. The lowest BCUT2D eigenvalue weighted by molar-refractivity contribution is -0.141. The first-order valence-corrected chi connectivity index (χ1v) is 3.49. The highest BCUT2D eigenvalue weighted by Gasteiger charge is 2.12. The molecule has 0 aromatic heterocycles. The fourth-order valence-electron chi connectivity index (χ4n) is 0.579. The molecule has 0 atom stereocenters. The van der Waals surface area contributed by atoms with E-state index in [4.69, 9.17) is 5.21 Å². The molecule has 12 heavy (non-hydrogen) atoms. The predicted octanol–water partition coefficient (Wildman–Crippen LogP) is 0.359. The molecule has 0 aliphatic heterocycles. The van der Waals surface area contributed by atoms with Crippen LogP contribution >= 0.6 is 0 Å². The second kappa shape index (κ2) is 5.29. The summed E-state index contributed by atoms with van der Waals surface area (Å²) in [6.45, 7) is 3.12. The number of ketones is 1. The van der Waals surface area contributed by atoms with Gasteiger partial charge in [0.1, 0.15) is 5.71 Å². The molecule has 0 amide bonds. The molecule has 0 bridgehead atoms. The van der Waals surface area contributed by atoms with E-state index in [1.165, 1.54) is 6.92 Å². The molecule has 5 heteroatoms. The second-order valence-corrected chi connectivity index (χ2v) is 2.08. The van der Waals surface area contributed by atoms with E-state index in [9.17, 15) is 9.59 Å². The molecule has 0 heterocycles. The zero-order valence-corrected chi connectivity index (χ0v) is 7.03. The lowest BCUT2D eigenvalue weighted by atomic mass is 10.2. The first-order valence-electron chi connectivity index (χ1n) is 3.49. The third kappa shape index (κ3) is 3.70. The molecule has 0 aromatic rings. The largest absolute Gasteiger partial charge is 0.466 e. The zero-order chi connectivity index (χ0) is 9.56. The maximum atomic E-state index is 10.8. The molecule has 68 valence electrons. The third-order valence-electron chi connectivity index (χ3n) is 1.14. The van der Waals surface area contributed by atoms with Gasteiger partial charge in [-0.3, -0.25) is 9.59 Å². The molecule has 0 aliphatic carbocycles. The molecule has 0 spiro atoms. The van der Waals surface area contributed by atoms with Crippen LogP contribution < -0.4 is 0 Å². The number of rotatable bonds is 4. The molecule has 0 saturated heterocycles. The number of carbonyl (C=O) groups is 2. The molecule has 0 unspecified atom stereocenters. The van der Waals surface area contributed by atoms with Gasteiger partial charge in [0.05, 0.1) is 13.0 Å². The highest BCUT2D eigenvalue weighted by Crippen LogP contribution is 1.92. The Morgan fingerprint density at radius 1 is 1.50 bits per heavy atom. The molecule has 0 aromatic carbocycles. The number of oxime groups is 1. The van der Waals surface area contributed by atoms with Crippen molar-refractivity contribution in [3.8, 4) is 0 Å². The SMILES string of the molecule is CCOC(=O)CC(=NO)C(C)=O. The van der Waals surface area contributed by atoms with Crippen molar-refractivity contribution in [1.82, 2.24) is 0 Å². The number of hydrogen-bond donors (Lipinski definition) is 1. The number of hydrogen-bond acceptors (Lipinski definition) is 5. The Hall–Kier alpha value is -1.39. The quantitative estimate of drug-likeness (QED) is 0.288. The summed E-state index contributed by atoms with van der Waals surface area (Å²) in [4.78, 5) is 21.4. The van der Waals surface area contributed by atoms with E-state index in [2.05, 4.69) is 9.89 Å². The van der Waals surface area contributed by atoms with Crippen molar-refractivity contribution in [2.45, 2.75) is 20.3 Å². The molecular weight excluding hydrogens is 162 g/mol. The van der Waals surface area contributed by atoms with E-state index < -0.39 is 11.8 Å². The van der Waals surface area contributed by atoms with Crippen LogP contribution in [-0.2, 0) is 14.3 Å². The molecule has 0 saturated carbocycles. The second-order valence-electron chi connectivity index (χ2n) is 2.08. The van der Waals surface area contributed by atoms with Crippen LogP contribution in [0.2, 0.25) is 0 Å². The van der Waals surface area contributed by atoms with Gasteiger partial charge in [0.2, 0.25) is 0 Å². The van der Waals surface area contributed by atoms with E-state index in [1.807, 2.05) is 0 Å². The third-order valence-corrected chi connectivity index (χ3v) is 1.14. The minimum absolute atomic E-state index is 0.187. The first kappa shape index (κ1) is 10.6. The number of Topliss-reactive ketones (excluding diaryl/α,β-unsaturated/α-hetero) is 1. The van der Waals surface area contributed by atoms with Crippen LogP contribution in [0.4, 0.5) is 0 Å². The van der Waals surface area contributed by atoms with E-state index in [1.54, 1.807) is 6.92 Å². The topological polar surface area (TPSA) is 76.0 Å². The van der Waals surface area contributed by atoms with Crippen molar-refractivity contribution < 1.29 is 19.5 Å². The minimum atomic E-state index is -0.569. The summed E-state index contributed by atoms with van der Waals surface area (Å²) in [6.07, 6.45) is -0.278. The van der Waals surface area contributed by atoms with Crippen LogP contribution in [0.5, 0.6) is 0 Å². The maximum absolute atomic E-state index is 10.8. The summed E-state index contributed by atoms with van der Waals surface area (Å²) in [6, 6.07) is 0. The highest BCUT2D eigenvalue weighted by atomic mass is 16.5. The summed E-state index contributed by atoms with van der Waals surface area (Å²) in [5.41, 5.74) is -0.187. The summed E-state index contributed by atoms with van der Waals surface area (Å²) >= 11 is 0. The van der Waals surface area contributed by atoms with Crippen LogP contribution in [-0.4, -0.2) is 29.3 Å². The number of nitrogens with zero attached hydrogens (tertiary/aromatic N) is 1. The fourth-order valence-corrected chi connectivity index (χ4v) is 0.579. The van der Waals surface area contributed by atoms with Crippen LogP contribution in [0.25, 0.3) is 0 Å². The Morgan fingerprint density at radius 2 is 2.08 bits per heavy atom. The van der Waals surface area contributed by atoms with Crippen molar-refractivity contribution in [3.63, 3.8) is 0 Å². The van der Waals surface area contributed by atoms with E-state index in [-0.39, 0.29) is 18.7 Å². The molecule has 0 fully saturated rings. The van der Waals surface area contributed by atoms with Crippen LogP contribution in [0, 0.1) is 0 Å². The number of ether oxygens (including phenoxy) is 1. The van der Waals surface area contributed by atoms with Gasteiger partial charge < -0.3 is 9.94 Å². The van der Waals surface area contributed by atoms with Crippen LogP contribution in [0.15, 0.2) is 5.16 Å². The lowest BCUT2D eigenvalue weighted by Gasteiger charge is -2.00. The summed E-state index contributed by atoms with van der Waals surface area (Å²) in [5, 5.41) is 10.9. The smallest absolute Gasteiger partial charge is 0.312 e. The molecule has 0 rings (SSSR count). The van der Waals surface area contributed by atoms with Crippen molar-refractivity contribution in [3.05, 3.63) is 0 Å². The van der Waals surface area contributed by atoms with Crippen molar-refractivity contribution >= 4 is 17.5 Å². The van der Waals surface area contributed by atoms with Gasteiger partial charge >= 0.3 is 5.97 Å². The average molecular weight is 173 g/mol. The van der Waals surface area contributed by atoms with Crippen molar-refractivity contribution in [2.24, 2.45) is 5.16 Å². The van der Waals surface area contributed by atoms with E-state index >= 15 is 0 Å².